The zero-order valence-electron chi connectivity index (χ0n) is 15.2. The molecule has 1 amide bonds. The summed E-state index contributed by atoms with van der Waals surface area (Å²) >= 11 is 0. The van der Waals surface area contributed by atoms with E-state index in [1.165, 1.54) is 15.5 Å². The molecule has 1 N–H and O–H groups in total. The number of nitrogens with zero attached hydrogens (tertiary/aromatic N) is 5. The van der Waals surface area contributed by atoms with E-state index in [1.807, 2.05) is 0 Å². The highest BCUT2D eigenvalue weighted by atomic mass is 19.2. The summed E-state index contributed by atoms with van der Waals surface area (Å²) in [4.78, 5) is 33.3. The van der Waals surface area contributed by atoms with Gasteiger partial charge in [0.1, 0.15) is 0 Å². The number of aromatic nitrogens is 4. The molecule has 0 fully saturated rings. The third kappa shape index (κ3) is 4.11. The van der Waals surface area contributed by atoms with Crippen molar-refractivity contribution in [3.8, 4) is 0 Å². The van der Waals surface area contributed by atoms with E-state index in [4.69, 9.17) is 5.11 Å². The smallest absolute Gasteiger partial charge is 0.305 e. The molecule has 146 valence electrons. The number of hydrogen-bond acceptors (Lipinski definition) is 5. The Hall–Kier alpha value is -3.43. The molecular formula is C18H17F2N5O3. The molecule has 0 radical (unpaired) electrons. The number of carboxylic acid groups (broad SMARTS) is 1. The minimum atomic E-state index is -1.10. The number of carbonyl (C=O) groups is 2. The van der Waals surface area contributed by atoms with Gasteiger partial charge in [-0.05, 0) is 37.6 Å². The van der Waals surface area contributed by atoms with Crippen molar-refractivity contribution >= 4 is 17.7 Å². The topological polar surface area (TPSA) is 101 Å². The maximum atomic E-state index is 13.5. The molecule has 0 saturated carbocycles. The predicted molar refractivity (Wildman–Crippen MR) is 93.6 cm³/mol. The zero-order valence-corrected chi connectivity index (χ0v) is 15.2. The molecule has 1 aromatic carbocycles. The van der Waals surface area contributed by atoms with E-state index >= 15 is 0 Å². The van der Waals surface area contributed by atoms with Crippen LogP contribution < -0.4 is 0 Å². The maximum Gasteiger partial charge on any atom is 0.305 e. The highest BCUT2D eigenvalue weighted by Gasteiger charge is 2.23. The molecule has 2 aromatic heterocycles. The number of hydrogen-bond donors (Lipinski definition) is 1. The molecule has 2 heterocycles. The van der Waals surface area contributed by atoms with E-state index in [1.54, 1.807) is 19.9 Å². The third-order valence-corrected chi connectivity index (χ3v) is 4.05. The Balaban J connectivity index is 1.92. The number of carboxylic acids is 1. The molecule has 3 rings (SSSR count). The lowest BCUT2D eigenvalue weighted by molar-refractivity contribution is -0.137. The molecule has 0 saturated heterocycles. The van der Waals surface area contributed by atoms with E-state index < -0.39 is 23.5 Å². The monoisotopic (exact) mass is 389 g/mol. The average Bonchev–Trinajstić information content (AvgIpc) is 3.05. The lowest BCUT2D eigenvalue weighted by Gasteiger charge is -2.20. The van der Waals surface area contributed by atoms with Gasteiger partial charge < -0.3 is 10.0 Å². The summed E-state index contributed by atoms with van der Waals surface area (Å²) in [5.74, 6) is -3.70. The number of aliphatic carboxylic acids is 1. The molecule has 3 aromatic rings. The number of rotatable bonds is 6. The van der Waals surface area contributed by atoms with Crippen molar-refractivity contribution in [2.45, 2.75) is 26.8 Å². The van der Waals surface area contributed by atoms with Gasteiger partial charge in [-0.3, -0.25) is 9.59 Å². The fourth-order valence-electron chi connectivity index (χ4n) is 2.74. The Morgan fingerprint density at radius 1 is 1.14 bits per heavy atom. The van der Waals surface area contributed by atoms with E-state index in [0.717, 1.165) is 17.8 Å². The van der Waals surface area contributed by atoms with Gasteiger partial charge in [-0.15, -0.1) is 5.10 Å². The number of carbonyl (C=O) groups excluding carboxylic acids is 1. The number of fused-ring (bicyclic) bond motifs is 1. The van der Waals surface area contributed by atoms with Crippen LogP contribution in [0.1, 0.15) is 34.0 Å². The van der Waals surface area contributed by atoms with Gasteiger partial charge in [0.05, 0.1) is 6.42 Å². The van der Waals surface area contributed by atoms with E-state index in [0.29, 0.717) is 11.3 Å². The van der Waals surface area contributed by atoms with Crippen LogP contribution in [-0.4, -0.2) is 48.0 Å². The largest absolute Gasteiger partial charge is 0.481 e. The number of aryl methyl sites for hydroxylation is 2. The quantitative estimate of drug-likeness (QED) is 0.693. The SMILES string of the molecule is Cc1cc(C)n2nc(C(=O)N(CCC(=O)O)Cc3ccc(F)c(F)c3)nc2n1. The summed E-state index contributed by atoms with van der Waals surface area (Å²) in [5.41, 5.74) is 1.75. The van der Waals surface area contributed by atoms with E-state index in [9.17, 15) is 18.4 Å². The molecule has 10 heteroatoms. The second kappa shape index (κ2) is 7.67. The molecule has 0 atom stereocenters. The zero-order chi connectivity index (χ0) is 20.4. The van der Waals surface area contributed by atoms with Gasteiger partial charge in [0.15, 0.2) is 11.6 Å². The van der Waals surface area contributed by atoms with Crippen molar-refractivity contribution in [1.29, 1.82) is 0 Å². The molecule has 28 heavy (non-hydrogen) atoms. The first-order chi connectivity index (χ1) is 13.2. The van der Waals surface area contributed by atoms with Crippen LogP contribution in [0.3, 0.4) is 0 Å². The molecule has 0 spiro atoms. The predicted octanol–water partition coefficient (Wildman–Crippen LogP) is 2.14. The van der Waals surface area contributed by atoms with Gasteiger partial charge in [0.2, 0.25) is 5.82 Å². The molecular weight excluding hydrogens is 372 g/mol. The van der Waals surface area contributed by atoms with E-state index in [-0.39, 0.29) is 31.1 Å². The summed E-state index contributed by atoms with van der Waals surface area (Å²) in [5, 5.41) is 13.1. The van der Waals surface area contributed by atoms with Crippen LogP contribution in [-0.2, 0) is 11.3 Å². The summed E-state index contributed by atoms with van der Waals surface area (Å²) in [7, 11) is 0. The van der Waals surface area contributed by atoms with Crippen LogP contribution in [0.5, 0.6) is 0 Å². The fourth-order valence-corrected chi connectivity index (χ4v) is 2.74. The van der Waals surface area contributed by atoms with Gasteiger partial charge in [0, 0.05) is 24.5 Å². The van der Waals surface area contributed by atoms with Crippen LogP contribution in [0.2, 0.25) is 0 Å². The average molecular weight is 389 g/mol. The Morgan fingerprint density at radius 2 is 1.89 bits per heavy atom. The molecule has 0 bridgehead atoms. The minimum absolute atomic E-state index is 0.121. The molecule has 0 aliphatic heterocycles. The summed E-state index contributed by atoms with van der Waals surface area (Å²) in [6.07, 6.45) is -0.320. The highest BCUT2D eigenvalue weighted by molar-refractivity contribution is 5.91. The second-order valence-corrected chi connectivity index (χ2v) is 6.31. The van der Waals surface area contributed by atoms with Crippen molar-refractivity contribution < 1.29 is 23.5 Å². The highest BCUT2D eigenvalue weighted by Crippen LogP contribution is 2.14. The van der Waals surface area contributed by atoms with Crippen molar-refractivity contribution in [2.24, 2.45) is 0 Å². The van der Waals surface area contributed by atoms with Crippen molar-refractivity contribution in [1.82, 2.24) is 24.5 Å². The van der Waals surface area contributed by atoms with Crippen molar-refractivity contribution in [3.05, 3.63) is 58.7 Å². The van der Waals surface area contributed by atoms with Crippen LogP contribution in [0, 0.1) is 25.5 Å². The maximum absolute atomic E-state index is 13.5. The Morgan fingerprint density at radius 3 is 2.57 bits per heavy atom. The van der Waals surface area contributed by atoms with Gasteiger partial charge in [-0.25, -0.2) is 18.3 Å². The first kappa shape index (κ1) is 19.3. The molecule has 8 nitrogen and oxygen atoms in total. The normalized spacial score (nSPS) is 11.0. The standard InChI is InChI=1S/C18H17F2N5O3/c1-10-7-11(2)25-18(21-10)22-16(23-25)17(28)24(6-5-15(26)27)9-12-3-4-13(19)14(20)8-12/h3-4,7-8H,5-6,9H2,1-2H3,(H,26,27). The van der Waals surface area contributed by atoms with Gasteiger partial charge in [0.25, 0.3) is 11.7 Å². The van der Waals surface area contributed by atoms with E-state index in [2.05, 4.69) is 15.1 Å². The minimum Gasteiger partial charge on any atom is -0.481 e. The second-order valence-electron chi connectivity index (χ2n) is 6.31. The number of benzene rings is 1. The number of halogens is 2. The van der Waals surface area contributed by atoms with Gasteiger partial charge in [-0.2, -0.15) is 4.98 Å². The Labute approximate surface area is 158 Å². The third-order valence-electron chi connectivity index (χ3n) is 4.05. The van der Waals surface area contributed by atoms with Crippen molar-refractivity contribution in [3.63, 3.8) is 0 Å². The lowest BCUT2D eigenvalue weighted by Crippen LogP contribution is -2.33. The van der Waals surface area contributed by atoms with Crippen LogP contribution in [0.15, 0.2) is 24.3 Å². The van der Waals surface area contributed by atoms with Crippen LogP contribution in [0.25, 0.3) is 5.78 Å². The fraction of sp³-hybridized carbons (Fsp3) is 0.278. The summed E-state index contributed by atoms with van der Waals surface area (Å²) in [6.45, 7) is 3.30. The molecule has 0 aliphatic carbocycles. The first-order valence-corrected chi connectivity index (χ1v) is 8.40. The van der Waals surface area contributed by atoms with Crippen LogP contribution in [0.4, 0.5) is 8.78 Å². The molecule has 0 aliphatic rings. The first-order valence-electron chi connectivity index (χ1n) is 8.40. The van der Waals surface area contributed by atoms with Crippen LogP contribution >= 0.6 is 0 Å². The van der Waals surface area contributed by atoms with Gasteiger partial charge in [-0.1, -0.05) is 6.07 Å². The molecule has 0 unspecified atom stereocenters. The summed E-state index contributed by atoms with van der Waals surface area (Å²) in [6, 6.07) is 5.01. The lowest BCUT2D eigenvalue weighted by atomic mass is 10.2. The Kier molecular flexibility index (Phi) is 5.30. The Bertz CT molecular complexity index is 1070. The number of amides is 1. The summed E-state index contributed by atoms with van der Waals surface area (Å²) < 4.78 is 28.0. The van der Waals surface area contributed by atoms with Crippen molar-refractivity contribution in [2.75, 3.05) is 6.54 Å². The van der Waals surface area contributed by atoms with Gasteiger partial charge >= 0.3 is 5.97 Å².